The molecule has 0 spiro atoms. The van der Waals surface area contributed by atoms with Crippen LogP contribution in [0.1, 0.15) is 37.9 Å². The van der Waals surface area contributed by atoms with Crippen LogP contribution in [-0.2, 0) is 11.3 Å². The van der Waals surface area contributed by atoms with Gasteiger partial charge in [-0.2, -0.15) is 0 Å². The summed E-state index contributed by atoms with van der Waals surface area (Å²) in [5, 5.41) is 11.0. The van der Waals surface area contributed by atoms with Crippen LogP contribution in [-0.4, -0.2) is 27.0 Å². The van der Waals surface area contributed by atoms with E-state index in [-0.39, 0.29) is 30.7 Å². The lowest BCUT2D eigenvalue weighted by Gasteiger charge is -2.04. The quantitative estimate of drug-likeness (QED) is 0.716. The minimum absolute atomic E-state index is 0. The number of halogens is 2. The third kappa shape index (κ3) is 6.17. The van der Waals surface area contributed by atoms with Gasteiger partial charge in [-0.3, -0.25) is 9.20 Å². The lowest BCUT2D eigenvalue weighted by Crippen LogP contribution is -2.23. The fourth-order valence-electron chi connectivity index (χ4n) is 2.06. The normalized spacial score (nSPS) is 9.86. The number of nitrogens with zero attached hydrogens (tertiary/aromatic N) is 3. The topological polar surface area (TPSA) is 85.3 Å². The Balaban J connectivity index is 0.00000220. The Kier molecular flexibility index (Phi) is 10.5. The molecule has 0 atom stereocenters. The molecule has 3 N–H and O–H groups in total. The molecule has 2 aromatic heterocycles. The number of rotatable bonds is 8. The van der Waals surface area contributed by atoms with Crippen molar-refractivity contribution in [1.82, 2.24) is 19.9 Å². The van der Waals surface area contributed by atoms with Crippen LogP contribution in [0.5, 0.6) is 0 Å². The van der Waals surface area contributed by atoms with Crippen molar-refractivity contribution in [3.8, 4) is 0 Å². The van der Waals surface area contributed by atoms with Gasteiger partial charge in [-0.1, -0.05) is 18.9 Å². The molecule has 0 saturated heterocycles. The number of nitrogens with one attached hydrogen (secondary N) is 1. The Labute approximate surface area is 142 Å². The Morgan fingerprint density at radius 2 is 1.91 bits per heavy atom. The number of carbonyl (C=O) groups excluding carboxylic acids is 1. The summed E-state index contributed by atoms with van der Waals surface area (Å²) >= 11 is 0. The van der Waals surface area contributed by atoms with Gasteiger partial charge in [0.15, 0.2) is 11.5 Å². The number of carbonyl (C=O) groups is 1. The van der Waals surface area contributed by atoms with Crippen molar-refractivity contribution in [2.45, 2.75) is 38.6 Å². The van der Waals surface area contributed by atoms with Gasteiger partial charge in [0.25, 0.3) is 0 Å². The molecule has 2 heterocycles. The smallest absolute Gasteiger partial charge is 0.220 e. The number of hydrogen-bond acceptors (Lipinski definition) is 4. The lowest BCUT2D eigenvalue weighted by atomic mass is 10.1. The summed E-state index contributed by atoms with van der Waals surface area (Å²) in [7, 11) is 0. The van der Waals surface area contributed by atoms with Crippen LogP contribution >= 0.6 is 24.8 Å². The molecule has 0 fully saturated rings. The van der Waals surface area contributed by atoms with E-state index in [9.17, 15) is 4.79 Å². The second kappa shape index (κ2) is 11.2. The van der Waals surface area contributed by atoms with Crippen molar-refractivity contribution in [1.29, 1.82) is 0 Å². The molecule has 124 valence electrons. The fourth-order valence-corrected chi connectivity index (χ4v) is 2.06. The number of aromatic nitrogens is 3. The highest BCUT2D eigenvalue weighted by Crippen LogP contribution is 2.04. The molecule has 2 aromatic rings. The number of fused-ring (bicyclic) bond motifs is 1. The van der Waals surface area contributed by atoms with Gasteiger partial charge in [-0.15, -0.1) is 35.0 Å². The third-order valence-electron chi connectivity index (χ3n) is 3.19. The second-order valence-corrected chi connectivity index (χ2v) is 4.77. The van der Waals surface area contributed by atoms with E-state index in [1.165, 1.54) is 0 Å². The number of unbranched alkanes of at least 4 members (excludes halogenated alkanes) is 3. The van der Waals surface area contributed by atoms with Crippen LogP contribution in [0.3, 0.4) is 0 Å². The Morgan fingerprint density at radius 1 is 1.14 bits per heavy atom. The summed E-state index contributed by atoms with van der Waals surface area (Å²) in [5.41, 5.74) is 6.21. The molecule has 0 aliphatic heterocycles. The summed E-state index contributed by atoms with van der Waals surface area (Å²) in [6, 6.07) is 5.71. The molecule has 2 rings (SSSR count). The van der Waals surface area contributed by atoms with Crippen LogP contribution in [0.2, 0.25) is 0 Å². The molecule has 0 bridgehead atoms. The molecule has 1 amide bonds. The van der Waals surface area contributed by atoms with E-state index in [1.807, 2.05) is 28.8 Å². The summed E-state index contributed by atoms with van der Waals surface area (Å²) in [6.45, 7) is 1.14. The lowest BCUT2D eigenvalue weighted by molar-refractivity contribution is -0.121. The van der Waals surface area contributed by atoms with E-state index in [0.29, 0.717) is 13.0 Å². The molecule has 0 aromatic carbocycles. The monoisotopic (exact) mass is 347 g/mol. The van der Waals surface area contributed by atoms with Crippen molar-refractivity contribution in [2.75, 3.05) is 6.54 Å². The predicted molar refractivity (Wildman–Crippen MR) is 91.5 cm³/mol. The molecule has 6 nitrogen and oxygen atoms in total. The predicted octanol–water partition coefficient (Wildman–Crippen LogP) is 2.10. The first-order chi connectivity index (χ1) is 9.81. The standard InChI is InChI=1S/C14H21N5O.2ClH/c15-9-5-2-1-3-8-14(20)16-11-13-18-17-12-7-4-6-10-19(12)13;;/h4,6-7,10H,1-3,5,8-9,11,15H2,(H,16,20);2*1H. The first kappa shape index (κ1) is 20.6. The number of amides is 1. The van der Waals surface area contributed by atoms with Gasteiger partial charge in [0.2, 0.25) is 5.91 Å². The first-order valence-corrected chi connectivity index (χ1v) is 7.06. The minimum atomic E-state index is 0. The summed E-state index contributed by atoms with van der Waals surface area (Å²) in [4.78, 5) is 11.7. The van der Waals surface area contributed by atoms with Crippen LogP contribution in [0.25, 0.3) is 5.65 Å². The minimum Gasteiger partial charge on any atom is -0.349 e. The molecular formula is C14H23Cl2N5O. The van der Waals surface area contributed by atoms with Gasteiger partial charge < -0.3 is 11.1 Å². The highest BCUT2D eigenvalue weighted by atomic mass is 35.5. The highest BCUT2D eigenvalue weighted by Gasteiger charge is 2.06. The zero-order chi connectivity index (χ0) is 14.2. The zero-order valence-corrected chi connectivity index (χ0v) is 14.0. The van der Waals surface area contributed by atoms with Crippen molar-refractivity contribution in [2.24, 2.45) is 5.73 Å². The van der Waals surface area contributed by atoms with Gasteiger partial charge >= 0.3 is 0 Å². The molecule has 0 unspecified atom stereocenters. The molecule has 0 saturated carbocycles. The third-order valence-corrected chi connectivity index (χ3v) is 3.19. The molecular weight excluding hydrogens is 325 g/mol. The molecule has 8 heteroatoms. The van der Waals surface area contributed by atoms with E-state index in [1.54, 1.807) is 0 Å². The Hall–Kier alpha value is -1.37. The maximum atomic E-state index is 11.7. The Bertz CT molecular complexity index is 561. The maximum absolute atomic E-state index is 11.7. The summed E-state index contributed by atoms with van der Waals surface area (Å²) in [6.07, 6.45) is 6.54. The van der Waals surface area contributed by atoms with Gasteiger partial charge in [0.05, 0.1) is 6.54 Å². The largest absolute Gasteiger partial charge is 0.349 e. The SMILES string of the molecule is Cl.Cl.NCCCCCCC(=O)NCc1nnc2ccccn12. The molecule has 0 aliphatic carbocycles. The summed E-state index contributed by atoms with van der Waals surface area (Å²) in [5.74, 6) is 0.808. The van der Waals surface area contributed by atoms with Crippen molar-refractivity contribution in [3.05, 3.63) is 30.2 Å². The highest BCUT2D eigenvalue weighted by molar-refractivity contribution is 5.85. The van der Waals surface area contributed by atoms with Crippen LogP contribution in [0.15, 0.2) is 24.4 Å². The van der Waals surface area contributed by atoms with Gasteiger partial charge in [0.1, 0.15) is 0 Å². The Morgan fingerprint density at radius 3 is 2.68 bits per heavy atom. The van der Waals surface area contributed by atoms with Crippen LogP contribution in [0.4, 0.5) is 0 Å². The molecule has 0 radical (unpaired) electrons. The summed E-state index contributed by atoms with van der Waals surface area (Å²) < 4.78 is 1.88. The number of hydrogen-bond donors (Lipinski definition) is 2. The fraction of sp³-hybridized carbons (Fsp3) is 0.500. The first-order valence-electron chi connectivity index (χ1n) is 7.06. The van der Waals surface area contributed by atoms with Crippen molar-refractivity contribution in [3.63, 3.8) is 0 Å². The average Bonchev–Trinajstić information content (AvgIpc) is 2.88. The van der Waals surface area contributed by atoms with E-state index in [2.05, 4.69) is 15.5 Å². The average molecular weight is 348 g/mol. The zero-order valence-electron chi connectivity index (χ0n) is 12.4. The number of pyridine rings is 1. The molecule has 0 aliphatic rings. The van der Waals surface area contributed by atoms with Crippen LogP contribution < -0.4 is 11.1 Å². The van der Waals surface area contributed by atoms with Crippen molar-refractivity contribution < 1.29 is 4.79 Å². The van der Waals surface area contributed by atoms with Crippen LogP contribution in [0, 0.1) is 0 Å². The van der Waals surface area contributed by atoms with E-state index >= 15 is 0 Å². The second-order valence-electron chi connectivity index (χ2n) is 4.77. The van der Waals surface area contributed by atoms with Gasteiger partial charge in [0, 0.05) is 12.6 Å². The van der Waals surface area contributed by atoms with E-state index in [4.69, 9.17) is 5.73 Å². The van der Waals surface area contributed by atoms with E-state index < -0.39 is 0 Å². The number of nitrogens with two attached hydrogens (primary N) is 1. The van der Waals surface area contributed by atoms with Gasteiger partial charge in [-0.05, 0) is 31.5 Å². The molecule has 22 heavy (non-hydrogen) atoms. The van der Waals surface area contributed by atoms with Crippen molar-refractivity contribution >= 4 is 36.4 Å². The van der Waals surface area contributed by atoms with Gasteiger partial charge in [-0.25, -0.2) is 0 Å². The van der Waals surface area contributed by atoms with E-state index in [0.717, 1.165) is 43.7 Å². The maximum Gasteiger partial charge on any atom is 0.220 e.